The molecule has 0 aliphatic rings. The second-order valence-electron chi connectivity index (χ2n) is 4.93. The third kappa shape index (κ3) is 3.13. The average molecular weight is 329 g/mol. The van der Waals surface area contributed by atoms with Crippen LogP contribution in [0, 0.1) is 10.1 Å². The Balaban J connectivity index is 1.98. The summed E-state index contributed by atoms with van der Waals surface area (Å²) in [6.45, 7) is 2.59. The topological polar surface area (TPSA) is 114 Å². The zero-order valence-corrected chi connectivity index (χ0v) is 12.9. The molecule has 8 heteroatoms. The number of rotatable bonds is 6. The number of hydrogen-bond donors (Lipinski definition) is 1. The molecule has 0 atom stereocenters. The van der Waals surface area contributed by atoms with Gasteiger partial charge in [-0.2, -0.15) is 0 Å². The minimum Gasteiger partial charge on any atom is -0.468 e. The van der Waals surface area contributed by atoms with Gasteiger partial charge in [-0.15, -0.1) is 0 Å². The molecule has 0 spiro atoms. The number of benzene rings is 1. The number of fused-ring (bicyclic) bond motifs is 1. The highest BCUT2D eigenvalue weighted by molar-refractivity contribution is 5.85. The molecule has 3 rings (SSSR count). The Morgan fingerprint density at radius 2 is 2.12 bits per heavy atom. The Morgan fingerprint density at radius 1 is 1.29 bits per heavy atom. The summed E-state index contributed by atoms with van der Waals surface area (Å²) in [4.78, 5) is 14.4. The van der Waals surface area contributed by atoms with E-state index in [-0.39, 0.29) is 24.0 Å². The number of nitrogens with two attached hydrogens (primary N) is 1. The van der Waals surface area contributed by atoms with Gasteiger partial charge in [0.15, 0.2) is 6.79 Å². The maximum absolute atomic E-state index is 11.2. The van der Waals surface area contributed by atoms with Gasteiger partial charge < -0.3 is 29.7 Å². The normalized spacial score (nSPS) is 10.9. The molecule has 0 aliphatic carbocycles. The number of pyridine rings is 1. The van der Waals surface area contributed by atoms with Crippen LogP contribution in [0.4, 0.5) is 11.6 Å². The molecular formula is C16H15N3O5. The molecule has 0 saturated heterocycles. The zero-order chi connectivity index (χ0) is 17.1. The fourth-order valence-corrected chi connectivity index (χ4v) is 2.23. The summed E-state index contributed by atoms with van der Waals surface area (Å²) in [6, 6.07) is 9.96. The van der Waals surface area contributed by atoms with Crippen LogP contribution in [0.2, 0.25) is 0 Å². The van der Waals surface area contributed by atoms with Crippen molar-refractivity contribution in [3.8, 4) is 17.1 Å². The van der Waals surface area contributed by atoms with E-state index in [1.165, 1.54) is 12.1 Å². The van der Waals surface area contributed by atoms with Crippen LogP contribution in [0.15, 0.2) is 40.8 Å². The minimum absolute atomic E-state index is 0.0770. The smallest absolute Gasteiger partial charge is 0.376 e. The van der Waals surface area contributed by atoms with Crippen molar-refractivity contribution in [1.82, 2.24) is 4.98 Å². The fraction of sp³-hybridized carbons (Fsp3) is 0.188. The second kappa shape index (κ2) is 6.55. The molecule has 2 aromatic heterocycles. The van der Waals surface area contributed by atoms with Crippen LogP contribution in [-0.4, -0.2) is 23.3 Å². The van der Waals surface area contributed by atoms with Crippen molar-refractivity contribution in [1.29, 1.82) is 0 Å². The number of nitrogens with zero attached hydrogens (tertiary/aromatic N) is 2. The first-order valence-electron chi connectivity index (χ1n) is 7.24. The van der Waals surface area contributed by atoms with Crippen LogP contribution in [-0.2, 0) is 4.74 Å². The summed E-state index contributed by atoms with van der Waals surface area (Å²) in [7, 11) is 0. The van der Waals surface area contributed by atoms with Gasteiger partial charge in [0, 0.05) is 18.1 Å². The number of nitro groups is 1. The SMILES string of the molecule is CCOCOc1ccc2oc(-c3ccc(N)nc3[N+](=O)[O-])cc2c1. The third-order valence-electron chi connectivity index (χ3n) is 3.34. The van der Waals surface area contributed by atoms with Crippen LogP contribution >= 0.6 is 0 Å². The Kier molecular flexibility index (Phi) is 4.30. The molecule has 8 nitrogen and oxygen atoms in total. The summed E-state index contributed by atoms with van der Waals surface area (Å²) in [5.41, 5.74) is 6.37. The lowest BCUT2D eigenvalue weighted by Crippen LogP contribution is -2.01. The lowest BCUT2D eigenvalue weighted by Gasteiger charge is -2.04. The molecule has 0 aliphatic heterocycles. The van der Waals surface area contributed by atoms with Gasteiger partial charge in [0.25, 0.3) is 0 Å². The molecule has 3 aromatic rings. The predicted molar refractivity (Wildman–Crippen MR) is 87.6 cm³/mol. The molecule has 124 valence electrons. The van der Waals surface area contributed by atoms with E-state index in [0.717, 1.165) is 5.39 Å². The van der Waals surface area contributed by atoms with E-state index in [1.54, 1.807) is 24.3 Å². The van der Waals surface area contributed by atoms with Crippen molar-refractivity contribution < 1.29 is 18.8 Å². The van der Waals surface area contributed by atoms with Crippen LogP contribution in [0.25, 0.3) is 22.3 Å². The molecule has 2 heterocycles. The molecule has 0 amide bonds. The summed E-state index contributed by atoms with van der Waals surface area (Å²) in [5, 5.41) is 11.9. The quantitative estimate of drug-likeness (QED) is 0.319. The van der Waals surface area contributed by atoms with Crippen LogP contribution in [0.1, 0.15) is 6.92 Å². The monoisotopic (exact) mass is 329 g/mol. The van der Waals surface area contributed by atoms with Gasteiger partial charge in [0.05, 0.1) is 0 Å². The summed E-state index contributed by atoms with van der Waals surface area (Å²) in [5.74, 6) is 0.689. The molecular weight excluding hydrogens is 314 g/mol. The highest BCUT2D eigenvalue weighted by Crippen LogP contribution is 2.34. The molecule has 24 heavy (non-hydrogen) atoms. The van der Waals surface area contributed by atoms with E-state index < -0.39 is 4.92 Å². The minimum atomic E-state index is -0.588. The van der Waals surface area contributed by atoms with Crippen molar-refractivity contribution in [2.24, 2.45) is 0 Å². The third-order valence-corrected chi connectivity index (χ3v) is 3.34. The molecule has 0 bridgehead atoms. The van der Waals surface area contributed by atoms with Gasteiger partial charge in [-0.1, -0.05) is 0 Å². The van der Waals surface area contributed by atoms with Crippen LogP contribution < -0.4 is 10.5 Å². The lowest BCUT2D eigenvalue weighted by molar-refractivity contribution is -0.388. The Labute approximate surface area is 136 Å². The standard InChI is InChI=1S/C16H15N3O5/c1-2-22-9-23-11-3-5-13-10(7-11)8-14(24-13)12-4-6-15(17)18-16(12)19(20)21/h3-8H,2,9H2,1H3,(H2,17,18). The Morgan fingerprint density at radius 3 is 2.88 bits per heavy atom. The number of nitrogen functional groups attached to an aromatic ring is 1. The van der Waals surface area contributed by atoms with Gasteiger partial charge in [-0.25, -0.2) is 0 Å². The number of anilines is 1. The Hall–Kier alpha value is -3.13. The van der Waals surface area contributed by atoms with Crippen LogP contribution in [0.3, 0.4) is 0 Å². The highest BCUT2D eigenvalue weighted by Gasteiger charge is 2.21. The van der Waals surface area contributed by atoms with E-state index >= 15 is 0 Å². The average Bonchev–Trinajstić information content (AvgIpc) is 2.98. The van der Waals surface area contributed by atoms with Crippen molar-refractivity contribution in [2.75, 3.05) is 19.1 Å². The van der Waals surface area contributed by atoms with E-state index in [4.69, 9.17) is 19.6 Å². The summed E-state index contributed by atoms with van der Waals surface area (Å²) >= 11 is 0. The van der Waals surface area contributed by atoms with E-state index in [9.17, 15) is 10.1 Å². The van der Waals surface area contributed by atoms with Crippen molar-refractivity contribution in [3.05, 3.63) is 46.5 Å². The number of furan rings is 1. The fourth-order valence-electron chi connectivity index (χ4n) is 2.23. The van der Waals surface area contributed by atoms with Gasteiger partial charge in [0.2, 0.25) is 5.82 Å². The molecule has 0 radical (unpaired) electrons. The maximum Gasteiger partial charge on any atom is 0.376 e. The maximum atomic E-state index is 11.2. The van der Waals surface area contributed by atoms with Gasteiger partial charge in [-0.3, -0.25) is 0 Å². The highest BCUT2D eigenvalue weighted by atomic mass is 16.7. The number of hydrogen-bond acceptors (Lipinski definition) is 7. The summed E-state index contributed by atoms with van der Waals surface area (Å²) < 4.78 is 16.3. The van der Waals surface area contributed by atoms with Gasteiger partial charge in [0.1, 0.15) is 22.7 Å². The van der Waals surface area contributed by atoms with E-state index in [2.05, 4.69) is 4.98 Å². The number of aromatic nitrogens is 1. The van der Waals surface area contributed by atoms with Crippen LogP contribution in [0.5, 0.6) is 5.75 Å². The molecule has 0 saturated carbocycles. The molecule has 2 N–H and O–H groups in total. The Bertz CT molecular complexity index is 891. The summed E-state index contributed by atoms with van der Waals surface area (Å²) in [6.07, 6.45) is 0. The first kappa shape index (κ1) is 15.8. The van der Waals surface area contributed by atoms with E-state index in [0.29, 0.717) is 23.7 Å². The van der Waals surface area contributed by atoms with Crippen molar-refractivity contribution in [3.63, 3.8) is 0 Å². The van der Waals surface area contributed by atoms with Crippen molar-refractivity contribution >= 4 is 22.6 Å². The van der Waals surface area contributed by atoms with Crippen molar-refractivity contribution in [2.45, 2.75) is 6.92 Å². The largest absolute Gasteiger partial charge is 0.468 e. The lowest BCUT2D eigenvalue weighted by atomic mass is 10.2. The molecule has 0 fully saturated rings. The predicted octanol–water partition coefficient (Wildman–Crippen LogP) is 3.36. The second-order valence-corrected chi connectivity index (χ2v) is 4.93. The zero-order valence-electron chi connectivity index (χ0n) is 12.9. The van der Waals surface area contributed by atoms with Gasteiger partial charge in [-0.05, 0) is 47.2 Å². The number of ether oxygens (including phenoxy) is 2. The molecule has 1 aromatic carbocycles. The molecule has 0 unspecified atom stereocenters. The first-order valence-corrected chi connectivity index (χ1v) is 7.24. The first-order chi connectivity index (χ1) is 11.6. The van der Waals surface area contributed by atoms with Gasteiger partial charge >= 0.3 is 5.82 Å². The van der Waals surface area contributed by atoms with E-state index in [1.807, 2.05) is 6.92 Å².